The van der Waals surface area contributed by atoms with Crippen LogP contribution in [0.1, 0.15) is 36.0 Å². The van der Waals surface area contributed by atoms with E-state index in [1.165, 1.54) is 12.8 Å². The van der Waals surface area contributed by atoms with E-state index < -0.39 is 0 Å². The van der Waals surface area contributed by atoms with Gasteiger partial charge in [0, 0.05) is 18.7 Å². The summed E-state index contributed by atoms with van der Waals surface area (Å²) >= 11 is 0. The molecule has 23 heavy (non-hydrogen) atoms. The third-order valence-corrected chi connectivity index (χ3v) is 5.40. The second-order valence-corrected chi connectivity index (χ2v) is 6.61. The van der Waals surface area contributed by atoms with Gasteiger partial charge >= 0.3 is 0 Å². The van der Waals surface area contributed by atoms with Gasteiger partial charge in [-0.25, -0.2) is 0 Å². The quantitative estimate of drug-likeness (QED) is 0.854. The molecule has 6 heteroatoms. The fraction of sp³-hybridized carbons (Fsp3) is 0.588. The Labute approximate surface area is 142 Å². The van der Waals surface area contributed by atoms with Crippen LogP contribution in [-0.2, 0) is 0 Å². The third-order valence-electron chi connectivity index (χ3n) is 5.40. The summed E-state index contributed by atoms with van der Waals surface area (Å²) in [6, 6.07) is 5.47. The predicted molar refractivity (Wildman–Crippen MR) is 89.5 cm³/mol. The van der Waals surface area contributed by atoms with Crippen molar-refractivity contribution in [2.24, 2.45) is 5.41 Å². The molecule has 3 aliphatic rings. The van der Waals surface area contributed by atoms with Crippen molar-refractivity contribution in [2.45, 2.75) is 25.7 Å². The number of carbonyl (C=O) groups is 1. The van der Waals surface area contributed by atoms with Gasteiger partial charge in [0.05, 0.1) is 0 Å². The van der Waals surface area contributed by atoms with Crippen LogP contribution in [0.4, 0.5) is 0 Å². The van der Waals surface area contributed by atoms with E-state index in [-0.39, 0.29) is 25.1 Å². The summed E-state index contributed by atoms with van der Waals surface area (Å²) in [5, 5.41) is 3.43. The lowest BCUT2D eigenvalue weighted by Gasteiger charge is -2.44. The second-order valence-electron chi connectivity index (χ2n) is 6.61. The first-order valence-corrected chi connectivity index (χ1v) is 8.16. The molecule has 0 radical (unpaired) electrons. The molecule has 0 unspecified atom stereocenters. The number of rotatable bonds is 1. The molecule has 2 fully saturated rings. The number of piperidine rings is 2. The van der Waals surface area contributed by atoms with Gasteiger partial charge in [0.15, 0.2) is 11.5 Å². The average molecular weight is 339 g/mol. The van der Waals surface area contributed by atoms with Gasteiger partial charge < -0.3 is 19.7 Å². The van der Waals surface area contributed by atoms with Gasteiger partial charge in [0.2, 0.25) is 6.79 Å². The second kappa shape index (κ2) is 6.57. The number of nitrogens with zero attached hydrogens (tertiary/aromatic N) is 1. The Morgan fingerprint density at radius 2 is 1.74 bits per heavy atom. The summed E-state index contributed by atoms with van der Waals surface area (Å²) in [6.45, 7) is 4.22. The Bertz CT molecular complexity index is 577. The molecular weight excluding hydrogens is 316 g/mol. The molecule has 126 valence electrons. The Hall–Kier alpha value is -1.46. The van der Waals surface area contributed by atoms with Crippen LogP contribution in [0.5, 0.6) is 11.5 Å². The molecule has 0 aromatic heterocycles. The summed E-state index contributed by atoms with van der Waals surface area (Å²) in [4.78, 5) is 14.7. The van der Waals surface area contributed by atoms with Gasteiger partial charge in [0.1, 0.15) is 0 Å². The number of ether oxygens (including phenoxy) is 2. The number of fused-ring (bicyclic) bond motifs is 1. The van der Waals surface area contributed by atoms with E-state index in [0.29, 0.717) is 16.7 Å². The largest absolute Gasteiger partial charge is 0.454 e. The topological polar surface area (TPSA) is 50.8 Å². The molecule has 5 nitrogen and oxygen atoms in total. The minimum Gasteiger partial charge on any atom is -0.454 e. The summed E-state index contributed by atoms with van der Waals surface area (Å²) in [7, 11) is 0. The Balaban J connectivity index is 0.00000156. The highest BCUT2D eigenvalue weighted by atomic mass is 35.5. The standard InChI is InChI=1S/C17H22N2O3.ClH/c20-16(13-1-2-14-15(11-13)22-12-21-14)19-9-5-17(6-10-19)3-7-18-8-4-17;/h1-2,11,18H,3-10,12H2;1H. The molecule has 1 amide bonds. The molecule has 1 aromatic rings. The molecular formula is C17H23ClN2O3. The summed E-state index contributed by atoms with van der Waals surface area (Å²) in [6.07, 6.45) is 4.76. The zero-order valence-electron chi connectivity index (χ0n) is 13.2. The molecule has 2 saturated heterocycles. The number of halogens is 1. The minimum atomic E-state index is 0. The van der Waals surface area contributed by atoms with Gasteiger partial charge in [-0.3, -0.25) is 4.79 Å². The lowest BCUT2D eigenvalue weighted by atomic mass is 9.71. The van der Waals surface area contributed by atoms with Crippen molar-refractivity contribution < 1.29 is 14.3 Å². The lowest BCUT2D eigenvalue weighted by molar-refractivity contribution is 0.0495. The SMILES string of the molecule is Cl.O=C(c1ccc2c(c1)OCO2)N1CCC2(CCNCC2)CC1. The van der Waals surface area contributed by atoms with Crippen molar-refractivity contribution in [1.29, 1.82) is 0 Å². The lowest BCUT2D eigenvalue weighted by Crippen LogP contribution is -2.47. The zero-order valence-corrected chi connectivity index (χ0v) is 14.0. The first-order chi connectivity index (χ1) is 10.8. The van der Waals surface area contributed by atoms with Crippen LogP contribution in [0.15, 0.2) is 18.2 Å². The van der Waals surface area contributed by atoms with Crippen molar-refractivity contribution in [3.8, 4) is 11.5 Å². The number of nitrogens with one attached hydrogen (secondary N) is 1. The number of benzene rings is 1. The van der Waals surface area contributed by atoms with E-state index in [0.717, 1.165) is 44.8 Å². The van der Waals surface area contributed by atoms with Crippen molar-refractivity contribution in [1.82, 2.24) is 10.2 Å². The number of hydrogen-bond acceptors (Lipinski definition) is 4. The third kappa shape index (κ3) is 3.12. The normalized spacial score (nSPS) is 21.8. The molecule has 4 rings (SSSR count). The highest BCUT2D eigenvalue weighted by Gasteiger charge is 2.36. The molecule has 3 heterocycles. The summed E-state index contributed by atoms with van der Waals surface area (Å²) in [5.74, 6) is 1.52. The maximum Gasteiger partial charge on any atom is 0.253 e. The molecule has 3 aliphatic heterocycles. The fourth-order valence-corrected chi connectivity index (χ4v) is 3.85. The van der Waals surface area contributed by atoms with E-state index in [1.54, 1.807) is 6.07 Å². The summed E-state index contributed by atoms with van der Waals surface area (Å²) in [5.41, 5.74) is 1.17. The molecule has 0 bridgehead atoms. The highest BCUT2D eigenvalue weighted by Crippen LogP contribution is 2.40. The van der Waals surface area contributed by atoms with Crippen LogP contribution in [0.25, 0.3) is 0 Å². The van der Waals surface area contributed by atoms with Crippen molar-refractivity contribution in [3.05, 3.63) is 23.8 Å². The maximum atomic E-state index is 12.7. The smallest absolute Gasteiger partial charge is 0.253 e. The van der Waals surface area contributed by atoms with Crippen LogP contribution in [-0.4, -0.2) is 43.8 Å². The van der Waals surface area contributed by atoms with Crippen LogP contribution in [0.2, 0.25) is 0 Å². The number of amides is 1. The van der Waals surface area contributed by atoms with Gasteiger partial charge in [0.25, 0.3) is 5.91 Å². The number of carbonyl (C=O) groups excluding carboxylic acids is 1. The van der Waals surface area contributed by atoms with E-state index >= 15 is 0 Å². The molecule has 0 aliphatic carbocycles. The number of hydrogen-bond donors (Lipinski definition) is 1. The zero-order chi connectivity index (χ0) is 15.0. The van der Waals surface area contributed by atoms with E-state index in [9.17, 15) is 4.79 Å². The van der Waals surface area contributed by atoms with E-state index in [4.69, 9.17) is 9.47 Å². The first kappa shape index (κ1) is 16.4. The van der Waals surface area contributed by atoms with Crippen LogP contribution in [0.3, 0.4) is 0 Å². The average Bonchev–Trinajstić information content (AvgIpc) is 3.03. The minimum absolute atomic E-state index is 0. The van der Waals surface area contributed by atoms with Gasteiger partial charge in [-0.1, -0.05) is 0 Å². The fourth-order valence-electron chi connectivity index (χ4n) is 3.85. The predicted octanol–water partition coefficient (Wildman–Crippen LogP) is 2.44. The van der Waals surface area contributed by atoms with Gasteiger partial charge in [-0.15, -0.1) is 12.4 Å². The Morgan fingerprint density at radius 3 is 2.48 bits per heavy atom. The van der Waals surface area contributed by atoms with Crippen molar-refractivity contribution >= 4 is 18.3 Å². The summed E-state index contributed by atoms with van der Waals surface area (Å²) < 4.78 is 10.7. The number of likely N-dealkylation sites (tertiary alicyclic amines) is 1. The van der Waals surface area contributed by atoms with Crippen LogP contribution >= 0.6 is 12.4 Å². The Morgan fingerprint density at radius 1 is 1.04 bits per heavy atom. The van der Waals surface area contributed by atoms with Crippen LogP contribution in [0, 0.1) is 5.41 Å². The van der Waals surface area contributed by atoms with E-state index in [1.807, 2.05) is 17.0 Å². The molecule has 0 saturated carbocycles. The van der Waals surface area contributed by atoms with E-state index in [2.05, 4.69) is 5.32 Å². The molecule has 1 aromatic carbocycles. The molecule has 1 N–H and O–H groups in total. The van der Waals surface area contributed by atoms with Crippen LogP contribution < -0.4 is 14.8 Å². The monoisotopic (exact) mass is 338 g/mol. The van der Waals surface area contributed by atoms with Gasteiger partial charge in [-0.05, 0) is 62.4 Å². The van der Waals surface area contributed by atoms with Gasteiger partial charge in [-0.2, -0.15) is 0 Å². The molecule has 0 atom stereocenters. The Kier molecular flexibility index (Phi) is 4.69. The van der Waals surface area contributed by atoms with Crippen molar-refractivity contribution in [3.63, 3.8) is 0 Å². The first-order valence-electron chi connectivity index (χ1n) is 8.16. The van der Waals surface area contributed by atoms with Crippen molar-refractivity contribution in [2.75, 3.05) is 33.0 Å². The highest BCUT2D eigenvalue weighted by molar-refractivity contribution is 5.95. The molecule has 1 spiro atoms. The maximum absolute atomic E-state index is 12.7.